The second-order valence-electron chi connectivity index (χ2n) is 3.51. The minimum absolute atomic E-state index is 0.0107. The summed E-state index contributed by atoms with van der Waals surface area (Å²) in [6.07, 6.45) is -2.97. The lowest BCUT2D eigenvalue weighted by Crippen LogP contribution is -2.36. The van der Waals surface area contributed by atoms with E-state index in [1.54, 1.807) is 14.8 Å². The van der Waals surface area contributed by atoms with E-state index >= 15 is 0 Å². The van der Waals surface area contributed by atoms with Crippen molar-refractivity contribution >= 4 is 15.7 Å². The van der Waals surface area contributed by atoms with Gasteiger partial charge in [-0.3, -0.25) is 9.05 Å². The van der Waals surface area contributed by atoms with Crippen LogP contribution in [0.25, 0.3) is 0 Å². The lowest BCUT2D eigenvalue weighted by Gasteiger charge is -2.21. The van der Waals surface area contributed by atoms with Gasteiger partial charge in [-0.1, -0.05) is 0 Å². The normalized spacial score (nSPS) is 38.5. The summed E-state index contributed by atoms with van der Waals surface area (Å²) in [7, 11) is -2.62. The number of aliphatic hydroxyl groups excluding tert-OH is 2. The fourth-order valence-corrected chi connectivity index (χ4v) is 2.50. The molecule has 1 saturated heterocycles. The third-order valence-electron chi connectivity index (χ3n) is 2.30. The van der Waals surface area contributed by atoms with Crippen molar-refractivity contribution in [3.63, 3.8) is 0 Å². The van der Waals surface area contributed by atoms with E-state index in [-0.39, 0.29) is 6.61 Å². The Morgan fingerprint density at radius 2 is 2.19 bits per heavy atom. The molecule has 0 saturated carbocycles. The maximum atomic E-state index is 11.3. The average Bonchev–Trinajstić information content (AvgIpc) is 2.45. The number of hydrogen-bond acceptors (Lipinski definition) is 6. The second kappa shape index (κ2) is 5.60. The zero-order valence-electron chi connectivity index (χ0n) is 9.15. The summed E-state index contributed by atoms with van der Waals surface area (Å²) in [4.78, 5) is 9.26. The van der Waals surface area contributed by atoms with Gasteiger partial charge in [0.15, 0.2) is 0 Å². The molecule has 5 atom stereocenters. The topological polar surface area (TPSA) is 105 Å². The van der Waals surface area contributed by atoms with Gasteiger partial charge in [-0.15, -0.1) is 0 Å². The van der Waals surface area contributed by atoms with E-state index in [1.807, 2.05) is 0 Å². The fourth-order valence-electron chi connectivity index (χ4n) is 1.55. The van der Waals surface area contributed by atoms with Crippen molar-refractivity contribution in [1.82, 2.24) is 0 Å². The van der Waals surface area contributed by atoms with Gasteiger partial charge < -0.3 is 19.8 Å². The molecule has 7 nitrogen and oxygen atoms in total. The van der Waals surface area contributed by atoms with Gasteiger partial charge in [0.2, 0.25) is 0 Å². The number of ether oxygens (including phenoxy) is 1. The number of phosphoric acid groups is 1. The molecule has 1 aliphatic rings. The molecule has 1 rings (SSSR count). The lowest BCUT2D eigenvalue weighted by molar-refractivity contribution is -0.0126. The molecule has 3 N–H and O–H groups in total. The van der Waals surface area contributed by atoms with Crippen LogP contribution in [0, 0.1) is 0 Å². The van der Waals surface area contributed by atoms with E-state index in [4.69, 9.17) is 14.4 Å². The maximum Gasteiger partial charge on any atom is 0.472 e. The summed E-state index contributed by atoms with van der Waals surface area (Å²) >= 11 is 0. The Morgan fingerprint density at radius 1 is 1.56 bits per heavy atom. The van der Waals surface area contributed by atoms with Crippen molar-refractivity contribution in [1.29, 1.82) is 0 Å². The first-order valence-corrected chi connectivity index (χ1v) is 6.51. The third kappa shape index (κ3) is 3.27. The molecule has 0 aromatic rings. The highest BCUT2D eigenvalue weighted by molar-refractivity contribution is 7.47. The molecule has 0 radical (unpaired) electrons. The quantitative estimate of drug-likeness (QED) is 0.393. The molecule has 0 aromatic heterocycles. The smallest absolute Gasteiger partial charge is 0.394 e. The van der Waals surface area contributed by atoms with Gasteiger partial charge in [0, 0.05) is 0 Å². The molecule has 1 aliphatic heterocycles. The van der Waals surface area contributed by atoms with Crippen molar-refractivity contribution in [2.75, 3.05) is 13.2 Å². The van der Waals surface area contributed by atoms with Crippen LogP contribution in [0.1, 0.15) is 6.92 Å². The van der Waals surface area contributed by atoms with Crippen molar-refractivity contribution in [3.8, 4) is 0 Å². The van der Waals surface area contributed by atoms with Crippen LogP contribution in [0.15, 0.2) is 0 Å². The molecule has 9 heteroatoms. The molecule has 3 unspecified atom stereocenters. The van der Waals surface area contributed by atoms with Gasteiger partial charge >= 0.3 is 7.82 Å². The summed E-state index contributed by atoms with van der Waals surface area (Å²) in [6, 6.07) is -0.566. The molecule has 94 valence electrons. The number of aliphatic hydroxyl groups is 2. The van der Waals surface area contributed by atoms with Crippen molar-refractivity contribution < 1.29 is 33.5 Å². The Balaban J connectivity index is 2.67. The van der Waals surface area contributed by atoms with Gasteiger partial charge in [-0.05, 0) is 6.92 Å². The summed E-state index contributed by atoms with van der Waals surface area (Å²) in [6.45, 7) is 1.15. The van der Waals surface area contributed by atoms with Gasteiger partial charge in [0.25, 0.3) is 0 Å². The first-order valence-electron chi connectivity index (χ1n) is 5.01. The van der Waals surface area contributed by atoms with Crippen LogP contribution in [0.5, 0.6) is 0 Å². The van der Waals surface area contributed by atoms with Gasteiger partial charge in [0.05, 0.1) is 19.2 Å². The minimum atomic E-state index is -4.21. The van der Waals surface area contributed by atoms with Crippen molar-refractivity contribution in [2.24, 2.45) is 0 Å². The third-order valence-corrected chi connectivity index (χ3v) is 3.39. The molecule has 0 aliphatic carbocycles. The highest BCUT2D eigenvalue weighted by Crippen LogP contribution is 2.46. The molecular weight excluding hydrogens is 238 g/mol. The predicted octanol–water partition coefficient (Wildman–Crippen LogP) is -1.78. The second-order valence-corrected chi connectivity index (χ2v) is 4.92. The van der Waals surface area contributed by atoms with E-state index in [0.29, 0.717) is 0 Å². The van der Waals surface area contributed by atoms with Crippen LogP contribution < -0.4 is 0 Å². The van der Waals surface area contributed by atoms with E-state index in [0.717, 1.165) is 0 Å². The maximum absolute atomic E-state index is 11.3. The van der Waals surface area contributed by atoms with E-state index in [2.05, 4.69) is 4.52 Å². The molecule has 0 spiro atoms. The zero-order chi connectivity index (χ0) is 12.3. The van der Waals surface area contributed by atoms with Crippen LogP contribution in [-0.2, 0) is 18.3 Å². The van der Waals surface area contributed by atoms with Gasteiger partial charge in [-0.2, -0.15) is 0 Å². The largest absolute Gasteiger partial charge is 0.472 e. The lowest BCUT2D eigenvalue weighted by atomic mass is 9.93. The van der Waals surface area contributed by atoms with Crippen LogP contribution in [-0.4, -0.2) is 60.5 Å². The standard InChI is InChI=1S/C7H16BO7P/c1-2-13-16(11,12)15-6-4(3-9)14-7(8)5(6)10/h4-7,9-10H,2-3,8H2,1H3,(H,11,12)/t4-,5?,6?,7-/m1/s1. The Hall–Kier alpha value is 0.0549. The van der Waals surface area contributed by atoms with Crippen molar-refractivity contribution in [2.45, 2.75) is 31.2 Å². The number of hydrogen-bond donors (Lipinski definition) is 3. The van der Waals surface area contributed by atoms with Crippen LogP contribution in [0.2, 0.25) is 0 Å². The molecule has 0 aromatic carbocycles. The number of phosphoric ester groups is 1. The van der Waals surface area contributed by atoms with E-state index < -0.39 is 38.7 Å². The summed E-state index contributed by atoms with van der Waals surface area (Å²) in [5.74, 6) is 0. The summed E-state index contributed by atoms with van der Waals surface area (Å²) < 4.78 is 25.8. The SMILES string of the molecule is B[C@@H]1O[C@H](CO)C(OP(=O)(O)OCC)C1O. The van der Waals surface area contributed by atoms with Crippen molar-refractivity contribution in [3.05, 3.63) is 0 Å². The van der Waals surface area contributed by atoms with E-state index in [9.17, 15) is 14.6 Å². The fraction of sp³-hybridized carbons (Fsp3) is 1.00. The number of rotatable bonds is 5. The molecule has 16 heavy (non-hydrogen) atoms. The Bertz CT molecular complexity index is 275. The monoisotopic (exact) mass is 254 g/mol. The highest BCUT2D eigenvalue weighted by atomic mass is 31.2. The average molecular weight is 254 g/mol. The Kier molecular flexibility index (Phi) is 4.94. The Labute approximate surface area is 94.3 Å². The minimum Gasteiger partial charge on any atom is -0.394 e. The highest BCUT2D eigenvalue weighted by Gasteiger charge is 2.45. The van der Waals surface area contributed by atoms with Crippen LogP contribution in [0.4, 0.5) is 0 Å². The van der Waals surface area contributed by atoms with Crippen LogP contribution in [0.3, 0.4) is 0 Å². The predicted molar refractivity (Wildman–Crippen MR) is 56.6 cm³/mol. The molecule has 0 bridgehead atoms. The van der Waals surface area contributed by atoms with Gasteiger partial charge in [0.1, 0.15) is 26.2 Å². The molecule has 1 heterocycles. The summed E-state index contributed by atoms with van der Waals surface area (Å²) in [5, 5.41) is 18.6. The molecule has 1 fully saturated rings. The zero-order valence-corrected chi connectivity index (χ0v) is 10.0. The summed E-state index contributed by atoms with van der Waals surface area (Å²) in [5.41, 5.74) is 0. The molecular formula is C7H16BO7P. The van der Waals surface area contributed by atoms with Gasteiger partial charge in [-0.25, -0.2) is 4.57 Å². The van der Waals surface area contributed by atoms with Crippen LogP contribution >= 0.6 is 7.82 Å². The Morgan fingerprint density at radius 3 is 2.69 bits per heavy atom. The first kappa shape index (κ1) is 14.1. The van der Waals surface area contributed by atoms with E-state index in [1.165, 1.54) is 0 Å². The molecule has 0 amide bonds. The first-order chi connectivity index (χ1) is 7.41.